The topological polar surface area (TPSA) is 32.8 Å². The van der Waals surface area contributed by atoms with Crippen LogP contribution in [0.15, 0.2) is 0 Å². The number of hydrogen-bond donors (Lipinski definition) is 0. The molecule has 0 radical (unpaired) electrons. The zero-order valence-corrected chi connectivity index (χ0v) is 10.6. The van der Waals surface area contributed by atoms with Crippen LogP contribution in [0.2, 0.25) is 0 Å². The zero-order valence-electron chi connectivity index (χ0n) is 10.6. The van der Waals surface area contributed by atoms with Crippen molar-refractivity contribution in [2.75, 3.05) is 33.3 Å². The Hall–Kier alpha value is -0.450. The van der Waals surface area contributed by atoms with Gasteiger partial charge >= 0.3 is 0 Å². The predicted octanol–water partition coefficient (Wildman–Crippen LogP) is 0.513. The van der Waals surface area contributed by atoms with Gasteiger partial charge in [-0.1, -0.05) is 0 Å². The highest BCUT2D eigenvalue weighted by Crippen LogP contribution is 2.34. The number of likely N-dealkylation sites (N-methyl/N-ethyl adjacent to an activating group) is 1. The lowest BCUT2D eigenvalue weighted by molar-refractivity contribution is -0.125. The van der Waals surface area contributed by atoms with Gasteiger partial charge in [0.2, 0.25) is 0 Å². The molecule has 0 N–H and O–H groups in total. The maximum atomic E-state index is 11.5. The predicted molar refractivity (Wildman–Crippen MR) is 65.0 cm³/mol. The fraction of sp³-hybridized carbons (Fsp3) is 0.923. The monoisotopic (exact) mass is 238 g/mol. The molecule has 0 spiro atoms. The summed E-state index contributed by atoms with van der Waals surface area (Å²) in [5.41, 5.74) is 0. The SMILES string of the molecule is CN1CCOC(CN2C3CCC2CC(=O)C3)C1. The minimum absolute atomic E-state index is 0.338. The number of piperidine rings is 1. The molecule has 3 heterocycles. The highest BCUT2D eigenvalue weighted by atomic mass is 16.5. The van der Waals surface area contributed by atoms with Gasteiger partial charge in [0, 0.05) is 44.6 Å². The fourth-order valence-electron chi connectivity index (χ4n) is 3.57. The molecule has 3 saturated heterocycles. The fourth-order valence-corrected chi connectivity index (χ4v) is 3.57. The van der Waals surface area contributed by atoms with Gasteiger partial charge in [-0.05, 0) is 19.9 Å². The molecule has 3 unspecified atom stereocenters. The number of ketones is 1. The van der Waals surface area contributed by atoms with Gasteiger partial charge in [-0.25, -0.2) is 0 Å². The molecule has 0 aromatic carbocycles. The van der Waals surface area contributed by atoms with E-state index in [-0.39, 0.29) is 0 Å². The van der Waals surface area contributed by atoms with Crippen LogP contribution >= 0.6 is 0 Å². The molecule has 3 aliphatic heterocycles. The third-order valence-electron chi connectivity index (χ3n) is 4.45. The Morgan fingerprint density at radius 2 is 2.00 bits per heavy atom. The molecule has 2 bridgehead atoms. The van der Waals surface area contributed by atoms with Gasteiger partial charge in [0.25, 0.3) is 0 Å². The number of nitrogens with zero attached hydrogens (tertiary/aromatic N) is 2. The van der Waals surface area contributed by atoms with Gasteiger partial charge in [-0.15, -0.1) is 0 Å². The first-order chi connectivity index (χ1) is 8.22. The van der Waals surface area contributed by atoms with E-state index in [0.29, 0.717) is 24.0 Å². The van der Waals surface area contributed by atoms with E-state index in [1.807, 2.05) is 0 Å². The van der Waals surface area contributed by atoms with E-state index < -0.39 is 0 Å². The largest absolute Gasteiger partial charge is 0.374 e. The molecule has 3 rings (SSSR count). The van der Waals surface area contributed by atoms with Crippen molar-refractivity contribution in [3.05, 3.63) is 0 Å². The molecule has 0 amide bonds. The third-order valence-corrected chi connectivity index (χ3v) is 4.45. The molecule has 0 aliphatic carbocycles. The lowest BCUT2D eigenvalue weighted by Gasteiger charge is -2.39. The Morgan fingerprint density at radius 1 is 1.29 bits per heavy atom. The molecular formula is C13H22N2O2. The third kappa shape index (κ3) is 2.39. The van der Waals surface area contributed by atoms with Crippen molar-refractivity contribution in [1.82, 2.24) is 9.80 Å². The van der Waals surface area contributed by atoms with Crippen LogP contribution in [-0.4, -0.2) is 67.1 Å². The smallest absolute Gasteiger partial charge is 0.136 e. The van der Waals surface area contributed by atoms with E-state index in [2.05, 4.69) is 16.8 Å². The van der Waals surface area contributed by atoms with Gasteiger partial charge in [0.05, 0.1) is 12.7 Å². The first-order valence-electron chi connectivity index (χ1n) is 6.80. The van der Waals surface area contributed by atoms with Crippen molar-refractivity contribution >= 4 is 5.78 Å². The molecule has 0 saturated carbocycles. The zero-order chi connectivity index (χ0) is 11.8. The summed E-state index contributed by atoms with van der Waals surface area (Å²) in [6, 6.07) is 1.02. The van der Waals surface area contributed by atoms with Gasteiger partial charge in [0.15, 0.2) is 0 Å². The number of morpholine rings is 1. The van der Waals surface area contributed by atoms with Crippen molar-refractivity contribution < 1.29 is 9.53 Å². The van der Waals surface area contributed by atoms with Gasteiger partial charge in [-0.2, -0.15) is 0 Å². The number of fused-ring (bicyclic) bond motifs is 2. The van der Waals surface area contributed by atoms with Gasteiger partial charge in [0.1, 0.15) is 5.78 Å². The van der Waals surface area contributed by atoms with Crippen LogP contribution in [0.25, 0.3) is 0 Å². The van der Waals surface area contributed by atoms with E-state index in [1.54, 1.807) is 0 Å². The van der Waals surface area contributed by atoms with Crippen molar-refractivity contribution in [3.8, 4) is 0 Å². The minimum Gasteiger partial charge on any atom is -0.374 e. The maximum Gasteiger partial charge on any atom is 0.136 e. The quantitative estimate of drug-likeness (QED) is 0.702. The number of rotatable bonds is 2. The van der Waals surface area contributed by atoms with Crippen LogP contribution in [0.5, 0.6) is 0 Å². The van der Waals surface area contributed by atoms with Crippen molar-refractivity contribution in [2.45, 2.75) is 43.9 Å². The van der Waals surface area contributed by atoms with Gasteiger partial charge in [-0.3, -0.25) is 9.69 Å². The Labute approximate surface area is 103 Å². The van der Waals surface area contributed by atoms with Crippen molar-refractivity contribution in [2.24, 2.45) is 0 Å². The summed E-state index contributed by atoms with van der Waals surface area (Å²) in [4.78, 5) is 16.4. The molecule has 0 aromatic heterocycles. The summed E-state index contributed by atoms with van der Waals surface area (Å²) in [6.45, 7) is 3.95. The second-order valence-electron chi connectivity index (χ2n) is 5.78. The maximum absolute atomic E-state index is 11.5. The second-order valence-corrected chi connectivity index (χ2v) is 5.78. The van der Waals surface area contributed by atoms with Crippen LogP contribution in [0.1, 0.15) is 25.7 Å². The molecule has 17 heavy (non-hydrogen) atoms. The summed E-state index contributed by atoms with van der Waals surface area (Å²) in [5.74, 6) is 0.468. The standard InChI is InChI=1S/C13H22N2O2/c1-14-4-5-17-13(8-14)9-15-10-2-3-11(15)7-12(16)6-10/h10-11,13H,2-9H2,1H3. The number of ether oxygens (including phenoxy) is 1. The molecule has 3 fully saturated rings. The highest BCUT2D eigenvalue weighted by molar-refractivity contribution is 5.80. The molecule has 4 heteroatoms. The molecule has 3 atom stereocenters. The number of carbonyl (C=O) groups is 1. The van der Waals surface area contributed by atoms with E-state index in [0.717, 1.165) is 39.1 Å². The second kappa shape index (κ2) is 4.67. The molecular weight excluding hydrogens is 216 g/mol. The van der Waals surface area contributed by atoms with E-state index >= 15 is 0 Å². The Kier molecular flexibility index (Phi) is 3.19. The molecule has 96 valence electrons. The Bertz CT molecular complexity index is 292. The average molecular weight is 238 g/mol. The minimum atomic E-state index is 0.338. The van der Waals surface area contributed by atoms with Crippen LogP contribution in [-0.2, 0) is 9.53 Å². The lowest BCUT2D eigenvalue weighted by atomic mass is 10.0. The average Bonchev–Trinajstić information content (AvgIpc) is 2.54. The number of Topliss-reactive ketones (excluding diaryl/α,β-unsaturated/α-hetero) is 1. The van der Waals surface area contributed by atoms with Gasteiger partial charge < -0.3 is 9.64 Å². The summed E-state index contributed by atoms with van der Waals surface area (Å²) in [5, 5.41) is 0. The Balaban J connectivity index is 1.60. The molecule has 0 aromatic rings. The number of hydrogen-bond acceptors (Lipinski definition) is 4. The molecule has 4 nitrogen and oxygen atoms in total. The van der Waals surface area contributed by atoms with E-state index in [1.165, 1.54) is 12.8 Å². The summed E-state index contributed by atoms with van der Waals surface area (Å²) >= 11 is 0. The first-order valence-corrected chi connectivity index (χ1v) is 6.80. The number of carbonyl (C=O) groups excluding carboxylic acids is 1. The van der Waals surface area contributed by atoms with Crippen LogP contribution in [0.4, 0.5) is 0 Å². The van der Waals surface area contributed by atoms with Crippen LogP contribution in [0.3, 0.4) is 0 Å². The van der Waals surface area contributed by atoms with Crippen molar-refractivity contribution in [3.63, 3.8) is 0 Å². The summed E-state index contributed by atoms with van der Waals surface area (Å²) in [7, 11) is 2.16. The first kappa shape index (κ1) is 11.6. The van der Waals surface area contributed by atoms with E-state index in [9.17, 15) is 4.79 Å². The highest BCUT2D eigenvalue weighted by Gasteiger charge is 2.41. The summed E-state index contributed by atoms with van der Waals surface area (Å²) < 4.78 is 5.83. The normalized spacial score (nSPS) is 39.8. The van der Waals surface area contributed by atoms with Crippen molar-refractivity contribution in [1.29, 1.82) is 0 Å². The molecule has 3 aliphatic rings. The Morgan fingerprint density at radius 3 is 2.65 bits per heavy atom. The van der Waals surface area contributed by atoms with E-state index in [4.69, 9.17) is 4.74 Å². The summed E-state index contributed by atoms with van der Waals surface area (Å²) in [6.07, 6.45) is 4.31. The lowest BCUT2D eigenvalue weighted by Crippen LogP contribution is -2.51. The van der Waals surface area contributed by atoms with Crippen LogP contribution in [0, 0.1) is 0 Å². The van der Waals surface area contributed by atoms with Crippen LogP contribution < -0.4 is 0 Å².